The molecule has 1 amide bonds. The van der Waals surface area contributed by atoms with E-state index in [9.17, 15) is 4.79 Å². The number of hydrogen-bond donors (Lipinski definition) is 1. The average molecular weight is 342 g/mol. The Balaban J connectivity index is 1.51. The summed E-state index contributed by atoms with van der Waals surface area (Å²) in [5.74, 6) is 0.708. The third-order valence-corrected chi connectivity index (χ3v) is 5.46. The van der Waals surface area contributed by atoms with Gasteiger partial charge >= 0.3 is 0 Å². The van der Waals surface area contributed by atoms with E-state index in [1.165, 1.54) is 50.0 Å². The molecule has 0 saturated carbocycles. The van der Waals surface area contributed by atoms with Gasteiger partial charge in [-0.15, -0.1) is 0 Å². The minimum absolute atomic E-state index is 0.0944. The predicted octanol–water partition coefficient (Wildman–Crippen LogP) is 3.83. The number of furan rings is 1. The number of piperidine rings is 1. The molecule has 0 spiro atoms. The monoisotopic (exact) mass is 342 g/mol. The smallest absolute Gasteiger partial charge is 0.224 e. The Hall–Kier alpha value is -1.81. The molecule has 1 aliphatic rings. The molecular weight excluding hydrogens is 312 g/mol. The highest BCUT2D eigenvalue weighted by Crippen LogP contribution is 2.25. The van der Waals surface area contributed by atoms with E-state index >= 15 is 0 Å². The van der Waals surface area contributed by atoms with E-state index in [0.29, 0.717) is 12.3 Å². The summed E-state index contributed by atoms with van der Waals surface area (Å²) in [6.07, 6.45) is 5.72. The number of fused-ring (bicyclic) bond motifs is 1. The van der Waals surface area contributed by atoms with Crippen molar-refractivity contribution in [3.8, 4) is 0 Å². The number of nitrogens with zero attached hydrogens (tertiary/aromatic N) is 1. The molecule has 0 aliphatic carbocycles. The second-order valence-electron chi connectivity index (χ2n) is 7.46. The quantitative estimate of drug-likeness (QED) is 0.868. The van der Waals surface area contributed by atoms with Gasteiger partial charge in [0.25, 0.3) is 0 Å². The SMILES string of the molecule is CCCN1CCC(CNC(=O)Cc2coc3cc(C)c(C)cc23)CC1. The zero-order valence-corrected chi connectivity index (χ0v) is 15.7. The van der Waals surface area contributed by atoms with Crippen molar-refractivity contribution in [3.05, 3.63) is 35.1 Å². The van der Waals surface area contributed by atoms with Gasteiger partial charge in [0.15, 0.2) is 0 Å². The predicted molar refractivity (Wildman–Crippen MR) is 102 cm³/mol. The molecule has 1 saturated heterocycles. The Morgan fingerprint density at radius 1 is 1.24 bits per heavy atom. The molecule has 2 heterocycles. The number of carbonyl (C=O) groups is 1. The molecule has 1 N–H and O–H groups in total. The molecule has 4 nitrogen and oxygen atoms in total. The number of carbonyl (C=O) groups excluding carboxylic acids is 1. The van der Waals surface area contributed by atoms with Crippen molar-refractivity contribution in [1.29, 1.82) is 0 Å². The largest absolute Gasteiger partial charge is 0.464 e. The third kappa shape index (κ3) is 4.43. The lowest BCUT2D eigenvalue weighted by Crippen LogP contribution is -2.39. The van der Waals surface area contributed by atoms with Crippen molar-refractivity contribution in [2.75, 3.05) is 26.2 Å². The Morgan fingerprint density at radius 3 is 2.68 bits per heavy atom. The number of benzene rings is 1. The van der Waals surface area contributed by atoms with E-state index in [4.69, 9.17) is 4.42 Å². The van der Waals surface area contributed by atoms with Gasteiger partial charge in [0, 0.05) is 17.5 Å². The number of amides is 1. The molecule has 0 unspecified atom stereocenters. The summed E-state index contributed by atoms with van der Waals surface area (Å²) in [4.78, 5) is 14.9. The molecule has 136 valence electrons. The summed E-state index contributed by atoms with van der Waals surface area (Å²) < 4.78 is 5.63. The van der Waals surface area contributed by atoms with Crippen LogP contribution in [-0.4, -0.2) is 37.0 Å². The van der Waals surface area contributed by atoms with Gasteiger partial charge in [-0.05, 0) is 81.9 Å². The van der Waals surface area contributed by atoms with E-state index < -0.39 is 0 Å². The second-order valence-corrected chi connectivity index (χ2v) is 7.46. The van der Waals surface area contributed by atoms with Crippen LogP contribution >= 0.6 is 0 Å². The second kappa shape index (κ2) is 8.05. The summed E-state index contributed by atoms with van der Waals surface area (Å²) >= 11 is 0. The minimum Gasteiger partial charge on any atom is -0.464 e. The maximum absolute atomic E-state index is 12.4. The standard InChI is InChI=1S/C21H30N2O2/c1-4-7-23-8-5-17(6-9-23)13-22-21(24)12-18-14-25-20-11-16(3)15(2)10-19(18)20/h10-11,14,17H,4-9,12-13H2,1-3H3,(H,22,24). The van der Waals surface area contributed by atoms with Crippen LogP contribution in [0, 0.1) is 19.8 Å². The van der Waals surface area contributed by atoms with E-state index in [1.54, 1.807) is 6.26 Å². The Bertz CT molecular complexity index is 727. The molecule has 1 aliphatic heterocycles. The first-order valence-electron chi connectivity index (χ1n) is 9.53. The highest BCUT2D eigenvalue weighted by atomic mass is 16.3. The highest BCUT2D eigenvalue weighted by Gasteiger charge is 2.19. The summed E-state index contributed by atoms with van der Waals surface area (Å²) in [6.45, 7) is 10.7. The first-order valence-corrected chi connectivity index (χ1v) is 9.53. The summed E-state index contributed by atoms with van der Waals surface area (Å²) in [5, 5.41) is 4.19. The van der Waals surface area contributed by atoms with Crippen LogP contribution in [0.4, 0.5) is 0 Å². The fourth-order valence-electron chi connectivity index (χ4n) is 3.70. The minimum atomic E-state index is 0.0944. The fourth-order valence-corrected chi connectivity index (χ4v) is 3.70. The topological polar surface area (TPSA) is 45.5 Å². The van der Waals surface area contributed by atoms with Gasteiger partial charge in [-0.2, -0.15) is 0 Å². The van der Waals surface area contributed by atoms with Gasteiger partial charge < -0.3 is 14.6 Å². The van der Waals surface area contributed by atoms with E-state index in [1.807, 2.05) is 0 Å². The van der Waals surface area contributed by atoms with Crippen molar-refractivity contribution in [2.24, 2.45) is 5.92 Å². The van der Waals surface area contributed by atoms with E-state index in [0.717, 1.165) is 23.1 Å². The lowest BCUT2D eigenvalue weighted by Gasteiger charge is -2.31. The van der Waals surface area contributed by atoms with Crippen LogP contribution in [-0.2, 0) is 11.2 Å². The Morgan fingerprint density at radius 2 is 1.96 bits per heavy atom. The Labute approximate surface area is 150 Å². The molecular formula is C21H30N2O2. The zero-order chi connectivity index (χ0) is 17.8. The van der Waals surface area contributed by atoms with Crippen LogP contribution in [0.2, 0.25) is 0 Å². The van der Waals surface area contributed by atoms with Crippen LogP contribution in [0.1, 0.15) is 42.9 Å². The lowest BCUT2D eigenvalue weighted by molar-refractivity contribution is -0.120. The van der Waals surface area contributed by atoms with Gasteiger partial charge in [-0.3, -0.25) is 4.79 Å². The Kier molecular flexibility index (Phi) is 5.79. The first kappa shape index (κ1) is 18.0. The maximum atomic E-state index is 12.4. The fraction of sp³-hybridized carbons (Fsp3) is 0.571. The zero-order valence-electron chi connectivity index (χ0n) is 15.7. The van der Waals surface area contributed by atoms with Crippen LogP contribution in [0.25, 0.3) is 11.0 Å². The van der Waals surface area contributed by atoms with Crippen molar-refractivity contribution >= 4 is 16.9 Å². The van der Waals surface area contributed by atoms with Gasteiger partial charge in [-0.25, -0.2) is 0 Å². The molecule has 1 fully saturated rings. The molecule has 1 aromatic heterocycles. The molecule has 0 radical (unpaired) electrons. The maximum Gasteiger partial charge on any atom is 0.224 e. The number of nitrogens with one attached hydrogen (secondary N) is 1. The first-order chi connectivity index (χ1) is 12.1. The van der Waals surface area contributed by atoms with E-state index in [2.05, 4.69) is 43.1 Å². The normalized spacial score (nSPS) is 16.4. The van der Waals surface area contributed by atoms with Crippen LogP contribution in [0.3, 0.4) is 0 Å². The molecule has 1 aromatic carbocycles. The van der Waals surface area contributed by atoms with Gasteiger partial charge in [0.1, 0.15) is 5.58 Å². The average Bonchev–Trinajstić information content (AvgIpc) is 2.97. The number of aryl methyl sites for hydroxylation is 2. The number of likely N-dealkylation sites (tertiary alicyclic amines) is 1. The summed E-state index contributed by atoms with van der Waals surface area (Å²) in [7, 11) is 0. The van der Waals surface area contributed by atoms with Crippen molar-refractivity contribution in [3.63, 3.8) is 0 Å². The molecule has 0 atom stereocenters. The summed E-state index contributed by atoms with van der Waals surface area (Å²) in [5.41, 5.74) is 4.30. The van der Waals surface area contributed by atoms with Crippen LogP contribution in [0.15, 0.2) is 22.8 Å². The van der Waals surface area contributed by atoms with Crippen molar-refractivity contribution in [2.45, 2.75) is 46.5 Å². The molecule has 0 bridgehead atoms. The van der Waals surface area contributed by atoms with Gasteiger partial charge in [0.05, 0.1) is 12.7 Å². The lowest BCUT2D eigenvalue weighted by atomic mass is 9.96. The third-order valence-electron chi connectivity index (χ3n) is 5.46. The molecule has 3 rings (SSSR count). The van der Waals surface area contributed by atoms with Crippen LogP contribution < -0.4 is 5.32 Å². The molecule has 4 heteroatoms. The molecule has 2 aromatic rings. The van der Waals surface area contributed by atoms with Gasteiger partial charge in [-0.1, -0.05) is 6.92 Å². The summed E-state index contributed by atoms with van der Waals surface area (Å²) in [6, 6.07) is 4.18. The van der Waals surface area contributed by atoms with Crippen molar-refractivity contribution < 1.29 is 9.21 Å². The van der Waals surface area contributed by atoms with Crippen molar-refractivity contribution in [1.82, 2.24) is 10.2 Å². The van der Waals surface area contributed by atoms with E-state index in [-0.39, 0.29) is 5.91 Å². The van der Waals surface area contributed by atoms with Gasteiger partial charge in [0.2, 0.25) is 5.91 Å². The number of hydrogen-bond acceptors (Lipinski definition) is 3. The molecule has 25 heavy (non-hydrogen) atoms. The van der Waals surface area contributed by atoms with Crippen LogP contribution in [0.5, 0.6) is 0 Å². The highest BCUT2D eigenvalue weighted by molar-refractivity contribution is 5.88. The number of rotatable bonds is 6.